The van der Waals surface area contributed by atoms with Gasteiger partial charge in [-0.1, -0.05) is 12.1 Å². The highest BCUT2D eigenvalue weighted by Gasteiger charge is 2.25. The number of nitrogens with zero attached hydrogens (tertiary/aromatic N) is 4. The topological polar surface area (TPSA) is 63.9 Å². The maximum absolute atomic E-state index is 12.3. The molecule has 1 N–H and O–H groups in total. The summed E-state index contributed by atoms with van der Waals surface area (Å²) >= 11 is 0. The number of halogens is 2. The highest BCUT2D eigenvalue weighted by molar-refractivity contribution is 5.80. The number of benzene rings is 1. The second-order valence-corrected chi connectivity index (χ2v) is 6.50. The number of aliphatic imine (C=N–C) groups is 1. The molecule has 7 nitrogen and oxygen atoms in total. The second-order valence-electron chi connectivity index (χ2n) is 6.50. The number of morpholine rings is 1. The number of alkyl halides is 2. The van der Waals surface area contributed by atoms with Crippen molar-refractivity contribution in [3.05, 3.63) is 47.8 Å². The summed E-state index contributed by atoms with van der Waals surface area (Å²) in [6.07, 6.45) is 1.21. The first kappa shape index (κ1) is 20.1. The van der Waals surface area contributed by atoms with Gasteiger partial charge in [0.2, 0.25) is 0 Å². The smallest absolute Gasteiger partial charge is 0.272 e. The molecule has 28 heavy (non-hydrogen) atoms. The zero-order valence-corrected chi connectivity index (χ0v) is 16.0. The SMILES string of the molecule is CN=C(NCc1cccc(OCC(F)F)c1)N1CCOC(c2cnn(C)c2)C1. The highest BCUT2D eigenvalue weighted by atomic mass is 19.3. The summed E-state index contributed by atoms with van der Waals surface area (Å²) in [6.45, 7) is 1.89. The van der Waals surface area contributed by atoms with E-state index in [1.165, 1.54) is 0 Å². The Hall–Kier alpha value is -2.68. The average molecular weight is 393 g/mol. The van der Waals surface area contributed by atoms with Gasteiger partial charge in [0.25, 0.3) is 6.43 Å². The molecule has 152 valence electrons. The van der Waals surface area contributed by atoms with E-state index >= 15 is 0 Å². The van der Waals surface area contributed by atoms with E-state index in [0.29, 0.717) is 25.4 Å². The van der Waals surface area contributed by atoms with Crippen molar-refractivity contribution in [2.75, 3.05) is 33.4 Å². The van der Waals surface area contributed by atoms with Crippen LogP contribution in [0.2, 0.25) is 0 Å². The molecule has 9 heteroatoms. The first-order chi connectivity index (χ1) is 13.5. The van der Waals surface area contributed by atoms with Crippen molar-refractivity contribution in [1.29, 1.82) is 0 Å². The maximum atomic E-state index is 12.3. The molecule has 1 saturated heterocycles. The number of hydrogen-bond donors (Lipinski definition) is 1. The molecule has 0 saturated carbocycles. The summed E-state index contributed by atoms with van der Waals surface area (Å²) in [7, 11) is 3.61. The predicted molar refractivity (Wildman–Crippen MR) is 102 cm³/mol. The van der Waals surface area contributed by atoms with E-state index in [0.717, 1.165) is 23.6 Å². The van der Waals surface area contributed by atoms with E-state index in [1.54, 1.807) is 29.9 Å². The Morgan fingerprint density at radius 1 is 1.46 bits per heavy atom. The normalized spacial score (nSPS) is 17.8. The van der Waals surface area contributed by atoms with Gasteiger partial charge in [-0.25, -0.2) is 8.78 Å². The second kappa shape index (κ2) is 9.50. The van der Waals surface area contributed by atoms with Crippen molar-refractivity contribution in [3.63, 3.8) is 0 Å². The van der Waals surface area contributed by atoms with E-state index in [1.807, 2.05) is 25.5 Å². The summed E-state index contributed by atoms with van der Waals surface area (Å²) in [5.41, 5.74) is 1.96. The maximum Gasteiger partial charge on any atom is 0.272 e. The lowest BCUT2D eigenvalue weighted by Crippen LogP contribution is -2.47. The van der Waals surface area contributed by atoms with E-state index in [4.69, 9.17) is 9.47 Å². The van der Waals surface area contributed by atoms with Crippen molar-refractivity contribution in [1.82, 2.24) is 20.0 Å². The Labute approximate surface area is 163 Å². The van der Waals surface area contributed by atoms with Gasteiger partial charge in [-0.15, -0.1) is 0 Å². The Bertz CT molecular complexity index is 796. The van der Waals surface area contributed by atoms with Crippen LogP contribution in [0.25, 0.3) is 0 Å². The molecule has 1 aliphatic heterocycles. The zero-order valence-electron chi connectivity index (χ0n) is 16.0. The first-order valence-electron chi connectivity index (χ1n) is 9.11. The molecule has 0 radical (unpaired) electrons. The largest absolute Gasteiger partial charge is 0.488 e. The third-order valence-corrected chi connectivity index (χ3v) is 4.40. The van der Waals surface area contributed by atoms with Crippen LogP contribution in [0.3, 0.4) is 0 Å². The summed E-state index contributed by atoms with van der Waals surface area (Å²) in [5.74, 6) is 1.19. The van der Waals surface area contributed by atoms with E-state index in [9.17, 15) is 8.78 Å². The fourth-order valence-corrected chi connectivity index (χ4v) is 3.07. The number of aromatic nitrogens is 2. The Morgan fingerprint density at radius 2 is 2.32 bits per heavy atom. The number of hydrogen-bond acceptors (Lipinski definition) is 4. The lowest BCUT2D eigenvalue weighted by molar-refractivity contribution is -0.00805. The molecule has 0 spiro atoms. The first-order valence-corrected chi connectivity index (χ1v) is 9.11. The molecular weight excluding hydrogens is 368 g/mol. The summed E-state index contributed by atoms with van der Waals surface area (Å²) in [5, 5.41) is 7.53. The van der Waals surface area contributed by atoms with Crippen LogP contribution in [0, 0.1) is 0 Å². The minimum Gasteiger partial charge on any atom is -0.488 e. The van der Waals surface area contributed by atoms with Crippen LogP contribution in [-0.4, -0.2) is 60.4 Å². The molecule has 1 aromatic carbocycles. The van der Waals surface area contributed by atoms with Crippen LogP contribution in [0.5, 0.6) is 5.75 Å². The Kier molecular flexibility index (Phi) is 6.80. The van der Waals surface area contributed by atoms with Crippen LogP contribution in [0.15, 0.2) is 41.7 Å². The summed E-state index contributed by atoms with van der Waals surface area (Å²) in [6, 6.07) is 7.11. The molecule has 1 aliphatic rings. The molecule has 1 aromatic heterocycles. The number of guanidine groups is 1. The third kappa shape index (κ3) is 5.41. The van der Waals surface area contributed by atoms with Crippen molar-refractivity contribution < 1.29 is 18.3 Å². The molecule has 2 aromatic rings. The van der Waals surface area contributed by atoms with Gasteiger partial charge in [0.15, 0.2) is 5.96 Å². The van der Waals surface area contributed by atoms with Gasteiger partial charge in [-0.3, -0.25) is 9.67 Å². The van der Waals surface area contributed by atoms with Crippen molar-refractivity contribution in [3.8, 4) is 5.75 Å². The van der Waals surface area contributed by atoms with Crippen molar-refractivity contribution in [2.45, 2.75) is 19.1 Å². The van der Waals surface area contributed by atoms with Crippen LogP contribution >= 0.6 is 0 Å². The minimum absolute atomic E-state index is 0.0629. The highest BCUT2D eigenvalue weighted by Crippen LogP contribution is 2.21. The summed E-state index contributed by atoms with van der Waals surface area (Å²) < 4.78 is 37.3. The molecule has 1 unspecified atom stereocenters. The number of nitrogens with one attached hydrogen (secondary N) is 1. The van der Waals surface area contributed by atoms with Crippen molar-refractivity contribution in [2.24, 2.45) is 12.0 Å². The summed E-state index contributed by atoms with van der Waals surface area (Å²) in [4.78, 5) is 6.50. The molecule has 3 rings (SSSR count). The fourth-order valence-electron chi connectivity index (χ4n) is 3.07. The monoisotopic (exact) mass is 393 g/mol. The van der Waals surface area contributed by atoms with Gasteiger partial charge in [-0.2, -0.15) is 5.10 Å². The predicted octanol–water partition coefficient (Wildman–Crippen LogP) is 2.21. The van der Waals surface area contributed by atoms with Crippen molar-refractivity contribution >= 4 is 5.96 Å². The Morgan fingerprint density at radius 3 is 3.04 bits per heavy atom. The van der Waals surface area contributed by atoms with Crippen LogP contribution < -0.4 is 10.1 Å². The van der Waals surface area contributed by atoms with Crippen LogP contribution in [-0.2, 0) is 18.3 Å². The molecule has 0 aliphatic carbocycles. The van der Waals surface area contributed by atoms with Gasteiger partial charge >= 0.3 is 0 Å². The lowest BCUT2D eigenvalue weighted by Gasteiger charge is -2.34. The quantitative estimate of drug-likeness (QED) is 0.602. The van der Waals surface area contributed by atoms with Gasteiger partial charge in [0, 0.05) is 38.9 Å². The number of rotatable bonds is 6. The molecule has 1 fully saturated rings. The van der Waals surface area contributed by atoms with E-state index in [-0.39, 0.29) is 6.10 Å². The molecular formula is C19H25F2N5O2. The van der Waals surface area contributed by atoms with Gasteiger partial charge in [0.05, 0.1) is 19.3 Å². The van der Waals surface area contributed by atoms with Gasteiger partial charge in [0.1, 0.15) is 18.5 Å². The Balaban J connectivity index is 1.57. The van der Waals surface area contributed by atoms with E-state index < -0.39 is 13.0 Å². The van der Waals surface area contributed by atoms with Gasteiger partial charge in [-0.05, 0) is 17.7 Å². The number of ether oxygens (including phenoxy) is 2. The molecule has 0 amide bonds. The lowest BCUT2D eigenvalue weighted by atomic mass is 10.1. The average Bonchev–Trinajstić information content (AvgIpc) is 3.14. The molecule has 2 heterocycles. The fraction of sp³-hybridized carbons (Fsp3) is 0.474. The van der Waals surface area contributed by atoms with Gasteiger partial charge < -0.3 is 19.7 Å². The van der Waals surface area contributed by atoms with E-state index in [2.05, 4.69) is 20.3 Å². The van der Waals surface area contributed by atoms with Crippen LogP contribution in [0.1, 0.15) is 17.2 Å². The zero-order chi connectivity index (χ0) is 19.9. The minimum atomic E-state index is -2.49. The molecule has 1 atom stereocenters. The molecule has 0 bridgehead atoms. The number of aryl methyl sites for hydroxylation is 1. The standard InChI is InChI=1S/C19H25F2N5O2/c1-22-19(23-9-14-4-3-5-16(8-14)28-13-18(20)21)26-6-7-27-17(12-26)15-10-24-25(2)11-15/h3-5,8,10-11,17-18H,6-7,9,12-13H2,1-2H3,(H,22,23). The van der Waals surface area contributed by atoms with Crippen LogP contribution in [0.4, 0.5) is 8.78 Å². The third-order valence-electron chi connectivity index (χ3n) is 4.40.